The van der Waals surface area contributed by atoms with Gasteiger partial charge in [0.25, 0.3) is 5.97 Å². The maximum Gasteiger partial charge on any atom is 0.298 e. The maximum atomic E-state index is 8.39. The zero-order valence-corrected chi connectivity index (χ0v) is 8.36. The van der Waals surface area contributed by atoms with E-state index in [0.717, 1.165) is 6.04 Å². The molecule has 0 aromatic carbocycles. The highest BCUT2D eigenvalue weighted by molar-refractivity contribution is 6.27. The Morgan fingerprint density at radius 3 is 2.27 bits per heavy atom. The van der Waals surface area contributed by atoms with Crippen LogP contribution in [-0.4, -0.2) is 37.7 Å². The molecule has 0 aromatic rings. The summed E-state index contributed by atoms with van der Waals surface area (Å²) in [6.45, 7) is 3.74. The standard InChI is InChI=1S/C6H16O4Si/c1-5(2)3-11-10-4-6(7,8)9/h5,7-9H,3-4,11H2,1-2H3. The summed E-state index contributed by atoms with van der Waals surface area (Å²) in [7, 11) is -0.696. The molecule has 0 aromatic heterocycles. The van der Waals surface area contributed by atoms with Crippen molar-refractivity contribution in [3.8, 4) is 0 Å². The minimum Gasteiger partial charge on any atom is -0.416 e. The van der Waals surface area contributed by atoms with Crippen LogP contribution in [0.5, 0.6) is 0 Å². The third-order valence-electron chi connectivity index (χ3n) is 1.14. The first-order valence-corrected chi connectivity index (χ1v) is 5.24. The molecule has 0 aliphatic carbocycles. The van der Waals surface area contributed by atoms with Crippen LogP contribution in [0.3, 0.4) is 0 Å². The first kappa shape index (κ1) is 11.1. The summed E-state index contributed by atoms with van der Waals surface area (Å²) in [5.41, 5.74) is 0. The summed E-state index contributed by atoms with van der Waals surface area (Å²) in [6.07, 6.45) is 0. The van der Waals surface area contributed by atoms with Gasteiger partial charge in [0, 0.05) is 0 Å². The van der Waals surface area contributed by atoms with Crippen LogP contribution in [0.1, 0.15) is 13.8 Å². The predicted octanol–water partition coefficient (Wildman–Crippen LogP) is -1.21. The van der Waals surface area contributed by atoms with E-state index in [1.54, 1.807) is 0 Å². The quantitative estimate of drug-likeness (QED) is 0.282. The minimum atomic E-state index is -2.65. The zero-order chi connectivity index (χ0) is 8.91. The lowest BCUT2D eigenvalue weighted by atomic mass is 10.3. The fraction of sp³-hybridized carbons (Fsp3) is 1.00. The SMILES string of the molecule is CC(C)C[SiH2]OCC(O)(O)O. The molecule has 4 nitrogen and oxygen atoms in total. The molecule has 0 amide bonds. The van der Waals surface area contributed by atoms with Gasteiger partial charge in [0.05, 0.1) is 0 Å². The second-order valence-corrected chi connectivity index (χ2v) is 4.40. The molecule has 0 fully saturated rings. The van der Waals surface area contributed by atoms with Crippen molar-refractivity contribution in [3.63, 3.8) is 0 Å². The number of rotatable bonds is 5. The van der Waals surface area contributed by atoms with Gasteiger partial charge in [-0.2, -0.15) is 0 Å². The van der Waals surface area contributed by atoms with Crippen LogP contribution in [0.2, 0.25) is 6.04 Å². The molecule has 68 valence electrons. The van der Waals surface area contributed by atoms with Crippen molar-refractivity contribution in [3.05, 3.63) is 0 Å². The molecule has 0 bridgehead atoms. The van der Waals surface area contributed by atoms with E-state index >= 15 is 0 Å². The van der Waals surface area contributed by atoms with Crippen molar-refractivity contribution in [1.29, 1.82) is 0 Å². The van der Waals surface area contributed by atoms with Crippen LogP contribution >= 0.6 is 0 Å². The Morgan fingerprint density at radius 2 is 1.91 bits per heavy atom. The van der Waals surface area contributed by atoms with E-state index in [-0.39, 0.29) is 0 Å². The molecule has 0 heterocycles. The zero-order valence-electron chi connectivity index (χ0n) is 6.95. The lowest BCUT2D eigenvalue weighted by Gasteiger charge is -2.14. The van der Waals surface area contributed by atoms with E-state index in [9.17, 15) is 0 Å². The van der Waals surface area contributed by atoms with Crippen LogP contribution < -0.4 is 0 Å². The fourth-order valence-corrected chi connectivity index (χ4v) is 1.58. The third kappa shape index (κ3) is 10.1. The lowest BCUT2D eigenvalue weighted by molar-refractivity contribution is -0.322. The molecule has 0 atom stereocenters. The Morgan fingerprint density at radius 1 is 1.36 bits per heavy atom. The van der Waals surface area contributed by atoms with Gasteiger partial charge < -0.3 is 19.7 Å². The second-order valence-electron chi connectivity index (χ2n) is 3.01. The van der Waals surface area contributed by atoms with E-state index in [1.165, 1.54) is 0 Å². The largest absolute Gasteiger partial charge is 0.416 e. The summed E-state index contributed by atoms with van der Waals surface area (Å²) in [4.78, 5) is 0. The molecule has 0 saturated heterocycles. The average Bonchev–Trinajstić information content (AvgIpc) is 1.78. The smallest absolute Gasteiger partial charge is 0.298 e. The van der Waals surface area contributed by atoms with Gasteiger partial charge in [0.15, 0.2) is 9.76 Å². The Hall–Kier alpha value is 0.0569. The number of aliphatic hydroxyl groups is 3. The van der Waals surface area contributed by atoms with Gasteiger partial charge in [0.2, 0.25) is 0 Å². The van der Waals surface area contributed by atoms with Crippen LogP contribution in [0, 0.1) is 5.92 Å². The highest BCUT2D eigenvalue weighted by Crippen LogP contribution is 2.00. The number of hydrogen-bond acceptors (Lipinski definition) is 4. The summed E-state index contributed by atoms with van der Waals surface area (Å²) < 4.78 is 4.90. The third-order valence-corrected chi connectivity index (χ3v) is 3.02. The van der Waals surface area contributed by atoms with Crippen LogP contribution in [0.4, 0.5) is 0 Å². The topological polar surface area (TPSA) is 69.9 Å². The van der Waals surface area contributed by atoms with E-state index in [0.29, 0.717) is 5.92 Å². The van der Waals surface area contributed by atoms with Gasteiger partial charge in [-0.05, 0) is 12.0 Å². The van der Waals surface area contributed by atoms with Gasteiger partial charge >= 0.3 is 0 Å². The number of hydrogen-bond donors (Lipinski definition) is 3. The lowest BCUT2D eigenvalue weighted by Crippen LogP contribution is -2.34. The molecular formula is C6H16O4Si. The molecule has 11 heavy (non-hydrogen) atoms. The predicted molar refractivity (Wildman–Crippen MR) is 43.5 cm³/mol. The molecule has 0 rings (SSSR count). The van der Waals surface area contributed by atoms with Crippen LogP contribution in [0.25, 0.3) is 0 Å². The van der Waals surface area contributed by atoms with E-state index < -0.39 is 22.3 Å². The summed E-state index contributed by atoms with van der Waals surface area (Å²) >= 11 is 0. The Labute approximate surface area is 68.8 Å². The highest BCUT2D eigenvalue weighted by Gasteiger charge is 2.17. The molecule has 0 unspecified atom stereocenters. The molecule has 3 N–H and O–H groups in total. The monoisotopic (exact) mass is 180 g/mol. The van der Waals surface area contributed by atoms with Crippen molar-refractivity contribution >= 4 is 9.76 Å². The molecular weight excluding hydrogens is 164 g/mol. The Kier molecular flexibility index (Phi) is 4.86. The van der Waals surface area contributed by atoms with Gasteiger partial charge in [-0.1, -0.05) is 13.8 Å². The van der Waals surface area contributed by atoms with Crippen LogP contribution in [-0.2, 0) is 4.43 Å². The van der Waals surface area contributed by atoms with Crippen LogP contribution in [0.15, 0.2) is 0 Å². The molecule has 0 aliphatic heterocycles. The second kappa shape index (κ2) is 4.84. The van der Waals surface area contributed by atoms with E-state index in [4.69, 9.17) is 19.7 Å². The summed E-state index contributed by atoms with van der Waals surface area (Å²) in [5.74, 6) is -2.07. The summed E-state index contributed by atoms with van der Waals surface area (Å²) in [5, 5.41) is 25.2. The van der Waals surface area contributed by atoms with Gasteiger partial charge in [0.1, 0.15) is 6.61 Å². The normalized spacial score (nSPS) is 13.6. The molecule has 0 radical (unpaired) electrons. The van der Waals surface area contributed by atoms with Gasteiger partial charge in [-0.15, -0.1) is 0 Å². The van der Waals surface area contributed by atoms with Crippen molar-refractivity contribution < 1.29 is 19.7 Å². The average molecular weight is 180 g/mol. The maximum absolute atomic E-state index is 8.39. The van der Waals surface area contributed by atoms with E-state index in [2.05, 4.69) is 13.8 Å². The van der Waals surface area contributed by atoms with Gasteiger partial charge in [-0.3, -0.25) is 0 Å². The summed E-state index contributed by atoms with van der Waals surface area (Å²) in [6, 6.07) is 0.982. The molecule has 0 aliphatic rings. The first-order chi connectivity index (χ1) is 4.92. The van der Waals surface area contributed by atoms with Crippen molar-refractivity contribution in [2.24, 2.45) is 5.92 Å². The minimum absolute atomic E-state index is 0.397. The Bertz CT molecular complexity index is 99.2. The van der Waals surface area contributed by atoms with E-state index in [1.807, 2.05) is 0 Å². The van der Waals surface area contributed by atoms with Crippen molar-refractivity contribution in [1.82, 2.24) is 0 Å². The van der Waals surface area contributed by atoms with Crippen molar-refractivity contribution in [2.75, 3.05) is 6.61 Å². The van der Waals surface area contributed by atoms with Gasteiger partial charge in [-0.25, -0.2) is 0 Å². The molecule has 0 saturated carbocycles. The molecule has 5 heteroatoms. The Balaban J connectivity index is 3.15. The highest BCUT2D eigenvalue weighted by atomic mass is 28.2. The first-order valence-electron chi connectivity index (χ1n) is 3.66. The van der Waals surface area contributed by atoms with Crippen molar-refractivity contribution in [2.45, 2.75) is 25.9 Å². The molecule has 0 spiro atoms. The fourth-order valence-electron chi connectivity index (χ4n) is 0.528.